The summed E-state index contributed by atoms with van der Waals surface area (Å²) in [4.78, 5) is 15.7. The minimum absolute atomic E-state index is 0.179. The first-order chi connectivity index (χ1) is 8.66. The van der Waals surface area contributed by atoms with E-state index in [0.717, 1.165) is 28.9 Å². The molecule has 2 N–H and O–H groups in total. The number of carboxylic acid groups (broad SMARTS) is 1. The highest BCUT2D eigenvalue weighted by molar-refractivity contribution is 7.15. The molecule has 0 bridgehead atoms. The number of thiazole rings is 1. The summed E-state index contributed by atoms with van der Waals surface area (Å²) in [5.41, 5.74) is 0.179. The van der Waals surface area contributed by atoms with Crippen LogP contribution in [0.4, 0.5) is 5.13 Å². The number of aryl methyl sites for hydroxylation is 1. The molecule has 1 fully saturated rings. The standard InChI is InChI=1S/C13H20N2O2S/c1-9-11(12(16)17)15-13(18-9)14-8-4-7-10-5-2-3-6-10/h10H,2-8H2,1H3,(H,14,15)(H,16,17). The first-order valence-corrected chi connectivity index (χ1v) is 7.43. The maximum Gasteiger partial charge on any atom is 0.355 e. The van der Waals surface area contributed by atoms with E-state index in [9.17, 15) is 4.79 Å². The summed E-state index contributed by atoms with van der Waals surface area (Å²) in [5.74, 6) is -0.0258. The van der Waals surface area contributed by atoms with Crippen molar-refractivity contribution < 1.29 is 9.90 Å². The summed E-state index contributed by atoms with van der Waals surface area (Å²) in [6.45, 7) is 2.69. The molecule has 0 saturated heterocycles. The van der Waals surface area contributed by atoms with Crippen LogP contribution in [-0.2, 0) is 0 Å². The van der Waals surface area contributed by atoms with Crippen LogP contribution >= 0.6 is 11.3 Å². The summed E-state index contributed by atoms with van der Waals surface area (Å²) in [5, 5.41) is 12.9. The highest BCUT2D eigenvalue weighted by Gasteiger charge is 2.15. The lowest BCUT2D eigenvalue weighted by molar-refractivity contribution is 0.0690. The van der Waals surface area contributed by atoms with Gasteiger partial charge in [0.25, 0.3) is 0 Å². The first-order valence-electron chi connectivity index (χ1n) is 6.61. The van der Waals surface area contributed by atoms with Gasteiger partial charge in [-0.25, -0.2) is 9.78 Å². The highest BCUT2D eigenvalue weighted by atomic mass is 32.1. The lowest BCUT2D eigenvalue weighted by Gasteiger charge is -2.08. The molecule has 1 aliphatic rings. The van der Waals surface area contributed by atoms with E-state index in [1.54, 1.807) is 6.92 Å². The molecule has 1 saturated carbocycles. The van der Waals surface area contributed by atoms with Crippen LogP contribution in [0.25, 0.3) is 0 Å². The summed E-state index contributed by atoms with van der Waals surface area (Å²) in [6.07, 6.45) is 7.99. The molecule has 0 radical (unpaired) electrons. The van der Waals surface area contributed by atoms with Gasteiger partial charge in [-0.15, -0.1) is 11.3 Å². The third-order valence-corrected chi connectivity index (χ3v) is 4.47. The topological polar surface area (TPSA) is 62.2 Å². The van der Waals surface area contributed by atoms with Gasteiger partial charge >= 0.3 is 5.97 Å². The van der Waals surface area contributed by atoms with Crippen LogP contribution < -0.4 is 5.32 Å². The van der Waals surface area contributed by atoms with Crippen molar-refractivity contribution in [2.24, 2.45) is 5.92 Å². The number of nitrogens with zero attached hydrogens (tertiary/aromatic N) is 1. The minimum atomic E-state index is -0.942. The van der Waals surface area contributed by atoms with E-state index in [1.165, 1.54) is 43.4 Å². The molecular weight excluding hydrogens is 248 g/mol. The predicted molar refractivity (Wildman–Crippen MR) is 73.5 cm³/mol. The minimum Gasteiger partial charge on any atom is -0.476 e. The molecule has 1 aromatic heterocycles. The molecule has 18 heavy (non-hydrogen) atoms. The predicted octanol–water partition coefficient (Wildman–Crippen LogP) is 3.53. The first kappa shape index (κ1) is 13.3. The average molecular weight is 268 g/mol. The third kappa shape index (κ3) is 3.45. The molecule has 0 spiro atoms. The Morgan fingerprint density at radius 2 is 2.22 bits per heavy atom. The van der Waals surface area contributed by atoms with Gasteiger partial charge < -0.3 is 10.4 Å². The van der Waals surface area contributed by atoms with Crippen LogP contribution in [0.2, 0.25) is 0 Å². The van der Waals surface area contributed by atoms with Gasteiger partial charge in [0.15, 0.2) is 10.8 Å². The zero-order chi connectivity index (χ0) is 13.0. The van der Waals surface area contributed by atoms with Crippen LogP contribution in [0.15, 0.2) is 0 Å². The number of rotatable bonds is 6. The summed E-state index contributed by atoms with van der Waals surface area (Å²) >= 11 is 1.42. The van der Waals surface area contributed by atoms with Gasteiger partial charge in [0.1, 0.15) is 0 Å². The van der Waals surface area contributed by atoms with Crippen LogP contribution in [0.1, 0.15) is 53.9 Å². The second-order valence-electron chi connectivity index (χ2n) is 4.95. The van der Waals surface area contributed by atoms with Crippen molar-refractivity contribution in [1.29, 1.82) is 0 Å². The van der Waals surface area contributed by atoms with E-state index >= 15 is 0 Å². The van der Waals surface area contributed by atoms with Gasteiger partial charge in [0.2, 0.25) is 0 Å². The molecule has 100 valence electrons. The zero-order valence-corrected chi connectivity index (χ0v) is 11.6. The zero-order valence-electron chi connectivity index (χ0n) is 10.7. The third-order valence-electron chi connectivity index (χ3n) is 3.54. The Bertz CT molecular complexity index is 411. The molecular formula is C13H20N2O2S. The van der Waals surface area contributed by atoms with Crippen molar-refractivity contribution in [2.45, 2.75) is 45.4 Å². The van der Waals surface area contributed by atoms with Gasteiger partial charge in [0.05, 0.1) is 0 Å². The Morgan fingerprint density at radius 1 is 1.50 bits per heavy atom. The number of aromatic nitrogens is 1. The Morgan fingerprint density at radius 3 is 2.83 bits per heavy atom. The van der Waals surface area contributed by atoms with Crippen molar-refractivity contribution in [1.82, 2.24) is 4.98 Å². The van der Waals surface area contributed by atoms with E-state index in [0.29, 0.717) is 0 Å². The van der Waals surface area contributed by atoms with E-state index in [1.807, 2.05) is 0 Å². The smallest absolute Gasteiger partial charge is 0.355 e. The second-order valence-corrected chi connectivity index (χ2v) is 6.15. The van der Waals surface area contributed by atoms with Crippen LogP contribution in [0.3, 0.4) is 0 Å². The normalized spacial score (nSPS) is 16.1. The number of carboxylic acids is 1. The molecule has 2 rings (SSSR count). The summed E-state index contributed by atoms with van der Waals surface area (Å²) in [6, 6.07) is 0. The van der Waals surface area contributed by atoms with Crippen LogP contribution in [0, 0.1) is 12.8 Å². The van der Waals surface area contributed by atoms with Crippen molar-refractivity contribution in [3.63, 3.8) is 0 Å². The molecule has 1 aromatic rings. The maximum atomic E-state index is 10.9. The van der Waals surface area contributed by atoms with Gasteiger partial charge in [-0.05, 0) is 25.7 Å². The number of aromatic carboxylic acids is 1. The quantitative estimate of drug-likeness (QED) is 0.775. The Hall–Kier alpha value is -1.10. The van der Waals surface area contributed by atoms with Crippen LogP contribution in [-0.4, -0.2) is 22.6 Å². The van der Waals surface area contributed by atoms with E-state index < -0.39 is 5.97 Å². The van der Waals surface area contributed by atoms with E-state index in [2.05, 4.69) is 10.3 Å². The Kier molecular flexibility index (Phi) is 4.58. The lowest BCUT2D eigenvalue weighted by atomic mass is 10.0. The maximum absolute atomic E-state index is 10.9. The molecule has 0 amide bonds. The second kappa shape index (κ2) is 6.18. The summed E-state index contributed by atoms with van der Waals surface area (Å²) < 4.78 is 0. The highest BCUT2D eigenvalue weighted by Crippen LogP contribution is 2.28. The molecule has 5 heteroatoms. The molecule has 0 unspecified atom stereocenters. The van der Waals surface area contributed by atoms with Gasteiger partial charge in [-0.2, -0.15) is 0 Å². The van der Waals surface area contributed by atoms with Gasteiger partial charge in [-0.3, -0.25) is 0 Å². The number of anilines is 1. The largest absolute Gasteiger partial charge is 0.476 e. The van der Waals surface area contributed by atoms with Crippen molar-refractivity contribution in [3.05, 3.63) is 10.6 Å². The molecule has 4 nitrogen and oxygen atoms in total. The molecule has 0 atom stereocenters. The van der Waals surface area contributed by atoms with Crippen molar-refractivity contribution >= 4 is 22.4 Å². The van der Waals surface area contributed by atoms with Gasteiger partial charge in [-0.1, -0.05) is 25.7 Å². The SMILES string of the molecule is Cc1sc(NCCCC2CCCC2)nc1C(=O)O. The fraction of sp³-hybridized carbons (Fsp3) is 0.692. The number of hydrogen-bond donors (Lipinski definition) is 2. The lowest BCUT2D eigenvalue weighted by Crippen LogP contribution is -2.05. The van der Waals surface area contributed by atoms with Crippen LogP contribution in [0.5, 0.6) is 0 Å². The van der Waals surface area contributed by atoms with Crippen molar-refractivity contribution in [3.8, 4) is 0 Å². The molecule has 0 aromatic carbocycles. The number of nitrogens with one attached hydrogen (secondary N) is 1. The fourth-order valence-electron chi connectivity index (χ4n) is 2.56. The molecule has 1 heterocycles. The van der Waals surface area contributed by atoms with Crippen molar-refractivity contribution in [2.75, 3.05) is 11.9 Å². The number of hydrogen-bond acceptors (Lipinski definition) is 4. The Balaban J connectivity index is 1.72. The van der Waals surface area contributed by atoms with E-state index in [-0.39, 0.29) is 5.69 Å². The molecule has 0 aliphatic heterocycles. The van der Waals surface area contributed by atoms with Gasteiger partial charge in [0, 0.05) is 11.4 Å². The monoisotopic (exact) mass is 268 g/mol. The fourth-order valence-corrected chi connectivity index (χ4v) is 3.39. The molecule has 1 aliphatic carbocycles. The average Bonchev–Trinajstić information content (AvgIpc) is 2.94. The number of carbonyl (C=O) groups is 1. The van der Waals surface area contributed by atoms with E-state index in [4.69, 9.17) is 5.11 Å². The summed E-state index contributed by atoms with van der Waals surface area (Å²) in [7, 11) is 0. The Labute approximate surface area is 111 Å².